The lowest BCUT2D eigenvalue weighted by atomic mass is 9.91. The standard InChI is InChI=1S/C19H30N2O3/c1-4-24-10-9-21-11-17(14(2)3)18(12-21)20-19(23)16-7-5-15(13-22)6-8-16/h5-8,14,17-18,22H,4,9-13H2,1-3H3,(H,20,23)/t17-,18+/m0/s1. The van der Waals surface area contributed by atoms with Crippen molar-refractivity contribution in [2.75, 3.05) is 32.8 Å². The molecule has 24 heavy (non-hydrogen) atoms. The molecule has 2 atom stereocenters. The van der Waals surface area contributed by atoms with Crippen LogP contribution in [0.5, 0.6) is 0 Å². The minimum absolute atomic E-state index is 0.00522. The second kappa shape index (κ2) is 9.16. The van der Waals surface area contributed by atoms with Crippen LogP contribution < -0.4 is 5.32 Å². The molecule has 0 aromatic heterocycles. The van der Waals surface area contributed by atoms with Crippen molar-refractivity contribution in [3.63, 3.8) is 0 Å². The summed E-state index contributed by atoms with van der Waals surface area (Å²) in [6.45, 7) is 10.7. The topological polar surface area (TPSA) is 61.8 Å². The van der Waals surface area contributed by atoms with Gasteiger partial charge in [0.2, 0.25) is 0 Å². The molecule has 1 heterocycles. The number of amides is 1. The van der Waals surface area contributed by atoms with E-state index in [1.54, 1.807) is 24.3 Å². The average molecular weight is 334 g/mol. The highest BCUT2D eigenvalue weighted by molar-refractivity contribution is 5.94. The fourth-order valence-corrected chi connectivity index (χ4v) is 3.28. The van der Waals surface area contributed by atoms with E-state index in [1.165, 1.54) is 0 Å². The Balaban J connectivity index is 1.95. The van der Waals surface area contributed by atoms with Gasteiger partial charge >= 0.3 is 0 Å². The molecule has 0 saturated carbocycles. The fraction of sp³-hybridized carbons (Fsp3) is 0.632. The maximum Gasteiger partial charge on any atom is 0.251 e. The Hall–Kier alpha value is -1.43. The Morgan fingerprint density at radius 2 is 2.04 bits per heavy atom. The minimum Gasteiger partial charge on any atom is -0.392 e. The number of ether oxygens (including phenoxy) is 1. The molecule has 0 aliphatic carbocycles. The van der Waals surface area contributed by atoms with Crippen LogP contribution in [0.25, 0.3) is 0 Å². The second-order valence-corrected chi connectivity index (χ2v) is 6.80. The number of hydrogen-bond acceptors (Lipinski definition) is 4. The molecular formula is C19H30N2O3. The summed E-state index contributed by atoms with van der Waals surface area (Å²) in [5, 5.41) is 12.3. The van der Waals surface area contributed by atoms with Crippen molar-refractivity contribution in [3.8, 4) is 0 Å². The number of aliphatic hydroxyl groups is 1. The van der Waals surface area contributed by atoms with Crippen LogP contribution in [0, 0.1) is 11.8 Å². The van der Waals surface area contributed by atoms with Crippen LogP contribution in [0.2, 0.25) is 0 Å². The van der Waals surface area contributed by atoms with E-state index < -0.39 is 0 Å². The van der Waals surface area contributed by atoms with E-state index in [-0.39, 0.29) is 18.6 Å². The SMILES string of the molecule is CCOCCN1C[C@@H](NC(=O)c2ccc(CO)cc2)[C@H](C(C)C)C1. The van der Waals surface area contributed by atoms with E-state index in [9.17, 15) is 4.79 Å². The smallest absolute Gasteiger partial charge is 0.251 e. The zero-order chi connectivity index (χ0) is 17.5. The maximum absolute atomic E-state index is 12.5. The van der Waals surface area contributed by atoms with E-state index >= 15 is 0 Å². The zero-order valence-corrected chi connectivity index (χ0v) is 15.0. The Bertz CT molecular complexity index is 516. The Labute approximate surface area is 145 Å². The predicted octanol–water partition coefficient (Wildman–Crippen LogP) is 1.90. The summed E-state index contributed by atoms with van der Waals surface area (Å²) in [6.07, 6.45) is 0. The van der Waals surface area contributed by atoms with Crippen molar-refractivity contribution in [2.45, 2.75) is 33.4 Å². The van der Waals surface area contributed by atoms with Crippen LogP contribution in [0.1, 0.15) is 36.7 Å². The van der Waals surface area contributed by atoms with Gasteiger partial charge in [-0.1, -0.05) is 26.0 Å². The molecule has 0 unspecified atom stereocenters. The van der Waals surface area contributed by atoms with Gasteiger partial charge in [-0.15, -0.1) is 0 Å². The van der Waals surface area contributed by atoms with Gasteiger partial charge in [-0.05, 0) is 36.5 Å². The highest BCUT2D eigenvalue weighted by Crippen LogP contribution is 2.24. The van der Waals surface area contributed by atoms with Gasteiger partial charge in [0.25, 0.3) is 5.91 Å². The molecule has 1 saturated heterocycles. The van der Waals surface area contributed by atoms with E-state index in [1.807, 2.05) is 6.92 Å². The molecule has 0 spiro atoms. The van der Waals surface area contributed by atoms with Crippen LogP contribution in [-0.2, 0) is 11.3 Å². The number of likely N-dealkylation sites (tertiary alicyclic amines) is 1. The fourth-order valence-electron chi connectivity index (χ4n) is 3.28. The molecule has 1 aromatic rings. The summed E-state index contributed by atoms with van der Waals surface area (Å²) < 4.78 is 5.45. The quantitative estimate of drug-likeness (QED) is 0.713. The van der Waals surface area contributed by atoms with Crippen molar-refractivity contribution in [2.24, 2.45) is 11.8 Å². The number of carbonyl (C=O) groups excluding carboxylic acids is 1. The summed E-state index contributed by atoms with van der Waals surface area (Å²) in [5.41, 5.74) is 1.46. The lowest BCUT2D eigenvalue weighted by Crippen LogP contribution is -2.42. The molecular weight excluding hydrogens is 304 g/mol. The third-order valence-corrected chi connectivity index (χ3v) is 4.77. The van der Waals surface area contributed by atoms with Crippen LogP contribution >= 0.6 is 0 Å². The molecule has 1 aliphatic heterocycles. The van der Waals surface area contributed by atoms with Crippen molar-refractivity contribution in [3.05, 3.63) is 35.4 Å². The largest absolute Gasteiger partial charge is 0.392 e. The minimum atomic E-state index is -0.0400. The van der Waals surface area contributed by atoms with Crippen molar-refractivity contribution < 1.29 is 14.6 Å². The van der Waals surface area contributed by atoms with Crippen molar-refractivity contribution >= 4 is 5.91 Å². The number of nitrogens with one attached hydrogen (secondary N) is 1. The molecule has 0 bridgehead atoms. The van der Waals surface area contributed by atoms with Crippen LogP contribution in [0.3, 0.4) is 0 Å². The summed E-state index contributed by atoms with van der Waals surface area (Å²) in [5.74, 6) is 0.929. The van der Waals surface area contributed by atoms with Gasteiger partial charge in [0.15, 0.2) is 0 Å². The third-order valence-electron chi connectivity index (χ3n) is 4.77. The number of aliphatic hydroxyl groups excluding tert-OH is 1. The lowest BCUT2D eigenvalue weighted by molar-refractivity contribution is 0.0924. The average Bonchev–Trinajstić information content (AvgIpc) is 2.98. The predicted molar refractivity (Wildman–Crippen MR) is 94.9 cm³/mol. The number of rotatable bonds is 8. The molecule has 134 valence electrons. The highest BCUT2D eigenvalue weighted by atomic mass is 16.5. The van der Waals surface area contributed by atoms with E-state index in [4.69, 9.17) is 9.84 Å². The molecule has 1 aromatic carbocycles. The van der Waals surface area contributed by atoms with Gasteiger partial charge in [0, 0.05) is 37.8 Å². The van der Waals surface area contributed by atoms with Gasteiger partial charge < -0.3 is 15.2 Å². The first kappa shape index (κ1) is 18.9. The number of nitrogens with zero attached hydrogens (tertiary/aromatic N) is 1. The molecule has 2 rings (SSSR count). The monoisotopic (exact) mass is 334 g/mol. The molecule has 1 aliphatic rings. The first-order valence-corrected chi connectivity index (χ1v) is 8.85. The van der Waals surface area contributed by atoms with Crippen LogP contribution in [0.15, 0.2) is 24.3 Å². The summed E-state index contributed by atoms with van der Waals surface area (Å²) in [6, 6.07) is 7.28. The van der Waals surface area contributed by atoms with Crippen molar-refractivity contribution in [1.29, 1.82) is 0 Å². The highest BCUT2D eigenvalue weighted by Gasteiger charge is 2.35. The molecule has 2 N–H and O–H groups in total. The molecule has 0 radical (unpaired) electrons. The van der Waals surface area contributed by atoms with E-state index in [0.29, 0.717) is 17.4 Å². The first-order valence-electron chi connectivity index (χ1n) is 8.85. The Morgan fingerprint density at radius 3 is 2.62 bits per heavy atom. The Morgan fingerprint density at radius 1 is 1.33 bits per heavy atom. The zero-order valence-electron chi connectivity index (χ0n) is 15.0. The molecule has 1 fully saturated rings. The first-order chi connectivity index (χ1) is 11.5. The summed E-state index contributed by atoms with van der Waals surface area (Å²) in [7, 11) is 0. The van der Waals surface area contributed by atoms with Crippen molar-refractivity contribution in [1.82, 2.24) is 10.2 Å². The third kappa shape index (κ3) is 5.03. The molecule has 5 heteroatoms. The van der Waals surface area contributed by atoms with Gasteiger partial charge in [0.05, 0.1) is 13.2 Å². The van der Waals surface area contributed by atoms with Crippen LogP contribution in [-0.4, -0.2) is 54.8 Å². The normalized spacial score (nSPS) is 21.4. The number of hydrogen-bond donors (Lipinski definition) is 2. The molecule has 1 amide bonds. The lowest BCUT2D eigenvalue weighted by Gasteiger charge is -2.23. The summed E-state index contributed by atoms with van der Waals surface area (Å²) in [4.78, 5) is 14.9. The molecule has 5 nitrogen and oxygen atoms in total. The van der Waals surface area contributed by atoms with Gasteiger partial charge in [-0.2, -0.15) is 0 Å². The van der Waals surface area contributed by atoms with E-state index in [2.05, 4.69) is 24.1 Å². The van der Waals surface area contributed by atoms with Gasteiger partial charge in [-0.25, -0.2) is 0 Å². The number of carbonyl (C=O) groups is 1. The van der Waals surface area contributed by atoms with Crippen LogP contribution in [0.4, 0.5) is 0 Å². The number of benzene rings is 1. The van der Waals surface area contributed by atoms with Gasteiger partial charge in [-0.3, -0.25) is 9.69 Å². The maximum atomic E-state index is 12.5. The second-order valence-electron chi connectivity index (χ2n) is 6.80. The Kier molecular flexibility index (Phi) is 7.21. The van der Waals surface area contributed by atoms with Gasteiger partial charge in [0.1, 0.15) is 0 Å². The van der Waals surface area contributed by atoms with E-state index in [0.717, 1.165) is 38.4 Å². The summed E-state index contributed by atoms with van der Waals surface area (Å²) >= 11 is 0.